The molecule has 0 spiro atoms. The number of carbonyl (C=O) groups is 1. The van der Waals surface area contributed by atoms with Crippen molar-refractivity contribution in [3.8, 4) is 5.75 Å². The highest BCUT2D eigenvalue weighted by Gasteiger charge is 2.31. The maximum absolute atomic E-state index is 12.3. The van der Waals surface area contributed by atoms with Crippen molar-refractivity contribution in [3.63, 3.8) is 0 Å². The lowest BCUT2D eigenvalue weighted by molar-refractivity contribution is -0.394. The number of nitrogens with zero attached hydrogens (tertiary/aromatic N) is 3. The molecule has 0 aromatic heterocycles. The molecular formula is C20H19N3O7. The van der Waals surface area contributed by atoms with E-state index in [9.17, 15) is 25.0 Å². The van der Waals surface area contributed by atoms with Gasteiger partial charge in [0.15, 0.2) is 0 Å². The molecule has 0 radical (unpaired) electrons. The number of rotatable bonds is 6. The normalized spacial score (nSPS) is 17.4. The Labute approximate surface area is 171 Å². The summed E-state index contributed by atoms with van der Waals surface area (Å²) in [7, 11) is 1.51. The van der Waals surface area contributed by atoms with Gasteiger partial charge in [-0.25, -0.2) is 4.79 Å². The Morgan fingerprint density at radius 1 is 1.07 bits per heavy atom. The molecular weight excluding hydrogens is 394 g/mol. The van der Waals surface area contributed by atoms with E-state index in [1.807, 2.05) is 0 Å². The second-order valence-electron chi connectivity index (χ2n) is 6.75. The van der Waals surface area contributed by atoms with Gasteiger partial charge in [0.2, 0.25) is 0 Å². The van der Waals surface area contributed by atoms with Crippen LogP contribution in [0.3, 0.4) is 0 Å². The molecule has 0 heterocycles. The molecule has 30 heavy (non-hydrogen) atoms. The van der Waals surface area contributed by atoms with Crippen LogP contribution < -0.4 is 4.74 Å². The molecule has 0 N–H and O–H groups in total. The molecule has 10 nitrogen and oxygen atoms in total. The van der Waals surface area contributed by atoms with Crippen molar-refractivity contribution in [1.29, 1.82) is 0 Å². The number of methoxy groups -OCH3 is 1. The summed E-state index contributed by atoms with van der Waals surface area (Å²) in [6, 6.07) is 9.89. The molecule has 1 atom stereocenters. The number of hydrogen-bond acceptors (Lipinski definition) is 8. The average molecular weight is 413 g/mol. The minimum absolute atomic E-state index is 0.286. The number of carbonyl (C=O) groups excluding carboxylic acids is 1. The third-order valence-corrected chi connectivity index (χ3v) is 4.95. The van der Waals surface area contributed by atoms with Crippen molar-refractivity contribution < 1.29 is 24.2 Å². The predicted octanol–water partition coefficient (Wildman–Crippen LogP) is 4.38. The molecule has 0 aliphatic heterocycles. The maximum atomic E-state index is 12.3. The molecule has 2 aromatic carbocycles. The molecule has 0 bridgehead atoms. The highest BCUT2D eigenvalue weighted by Crippen LogP contribution is 2.37. The number of non-ortho nitro benzene ring substituents is 1. The first-order valence-electron chi connectivity index (χ1n) is 9.25. The third kappa shape index (κ3) is 4.59. The number of benzene rings is 2. The molecule has 0 amide bonds. The van der Waals surface area contributed by atoms with Gasteiger partial charge >= 0.3 is 5.97 Å². The Kier molecular flexibility index (Phi) is 6.35. The molecule has 3 rings (SSSR count). The lowest BCUT2D eigenvalue weighted by atomic mass is 9.81. The molecule has 0 saturated heterocycles. The number of hydrogen-bond donors (Lipinski definition) is 0. The number of ether oxygens (including phenoxy) is 1. The molecule has 10 heteroatoms. The van der Waals surface area contributed by atoms with Crippen LogP contribution in [-0.2, 0) is 4.84 Å². The lowest BCUT2D eigenvalue weighted by Gasteiger charge is -2.23. The SMILES string of the molecule is COc1ccc(C(=O)O/N=C2\CCCCC2c2ccc([N+](=O)[O-])cc2[N+](=O)[O-])cc1. The van der Waals surface area contributed by atoms with Gasteiger partial charge in [-0.1, -0.05) is 11.6 Å². The molecule has 1 unspecified atom stereocenters. The van der Waals surface area contributed by atoms with Crippen molar-refractivity contribution in [2.75, 3.05) is 7.11 Å². The van der Waals surface area contributed by atoms with E-state index in [1.54, 1.807) is 24.3 Å². The Morgan fingerprint density at radius 3 is 2.43 bits per heavy atom. The van der Waals surface area contributed by atoms with E-state index in [4.69, 9.17) is 9.57 Å². The van der Waals surface area contributed by atoms with E-state index < -0.39 is 21.7 Å². The van der Waals surface area contributed by atoms with Crippen LogP contribution in [0.1, 0.15) is 47.5 Å². The Hall–Kier alpha value is -3.82. The van der Waals surface area contributed by atoms with Crippen molar-refractivity contribution in [2.24, 2.45) is 5.16 Å². The van der Waals surface area contributed by atoms with Crippen LogP contribution in [-0.4, -0.2) is 28.6 Å². The van der Waals surface area contributed by atoms with Crippen LogP contribution >= 0.6 is 0 Å². The number of nitro groups is 2. The Balaban J connectivity index is 1.86. The largest absolute Gasteiger partial charge is 0.497 e. The third-order valence-electron chi connectivity index (χ3n) is 4.95. The zero-order valence-electron chi connectivity index (χ0n) is 16.1. The number of oxime groups is 1. The van der Waals surface area contributed by atoms with Gasteiger partial charge in [0.25, 0.3) is 11.4 Å². The van der Waals surface area contributed by atoms with E-state index in [-0.39, 0.29) is 16.9 Å². The van der Waals surface area contributed by atoms with Crippen molar-refractivity contribution >= 4 is 23.1 Å². The summed E-state index contributed by atoms with van der Waals surface area (Å²) in [6.07, 6.45) is 2.69. The van der Waals surface area contributed by atoms with Crippen molar-refractivity contribution in [1.82, 2.24) is 0 Å². The molecule has 1 aliphatic carbocycles. The van der Waals surface area contributed by atoms with Crippen molar-refractivity contribution in [2.45, 2.75) is 31.6 Å². The zero-order chi connectivity index (χ0) is 21.7. The van der Waals surface area contributed by atoms with Crippen LogP contribution in [0, 0.1) is 20.2 Å². The molecule has 2 aromatic rings. The van der Waals surface area contributed by atoms with Crippen LogP contribution in [0.15, 0.2) is 47.6 Å². The summed E-state index contributed by atoms with van der Waals surface area (Å²) in [4.78, 5) is 38.5. The Bertz CT molecular complexity index is 1000. The van der Waals surface area contributed by atoms with Gasteiger partial charge < -0.3 is 9.57 Å². The van der Waals surface area contributed by atoms with Gasteiger partial charge in [-0.15, -0.1) is 0 Å². The predicted molar refractivity (Wildman–Crippen MR) is 107 cm³/mol. The van der Waals surface area contributed by atoms with Crippen LogP contribution in [0.4, 0.5) is 11.4 Å². The summed E-state index contributed by atoms with van der Waals surface area (Å²) in [6.45, 7) is 0. The minimum Gasteiger partial charge on any atom is -0.497 e. The minimum atomic E-state index is -0.677. The summed E-state index contributed by atoms with van der Waals surface area (Å²) in [5.41, 5.74) is 0.411. The summed E-state index contributed by atoms with van der Waals surface area (Å²) in [5.74, 6) is -0.521. The van der Waals surface area contributed by atoms with Crippen LogP contribution in [0.25, 0.3) is 0 Å². The van der Waals surface area contributed by atoms with Crippen LogP contribution in [0.5, 0.6) is 5.75 Å². The highest BCUT2D eigenvalue weighted by atomic mass is 16.7. The standard InChI is InChI=1S/C20H19N3O7/c1-29-15-9-6-13(7-10-15)20(24)30-21-18-5-3-2-4-16(18)17-11-8-14(22(25)26)12-19(17)23(27)28/h6-12,16H,2-5H2,1H3/b21-18+. The average Bonchev–Trinajstić information content (AvgIpc) is 2.77. The summed E-state index contributed by atoms with van der Waals surface area (Å²) in [5, 5.41) is 26.5. The van der Waals surface area contributed by atoms with Gasteiger partial charge in [-0.05, 0) is 49.6 Å². The van der Waals surface area contributed by atoms with Gasteiger partial charge in [0, 0.05) is 17.5 Å². The molecule has 156 valence electrons. The van der Waals surface area contributed by atoms with Crippen molar-refractivity contribution in [3.05, 3.63) is 73.8 Å². The van der Waals surface area contributed by atoms with E-state index in [0.29, 0.717) is 29.9 Å². The first kappa shape index (κ1) is 20.9. The monoisotopic (exact) mass is 413 g/mol. The molecule has 1 fully saturated rings. The fraction of sp³-hybridized carbons (Fsp3) is 0.300. The van der Waals surface area contributed by atoms with E-state index >= 15 is 0 Å². The molecule has 1 aliphatic rings. The first-order valence-corrected chi connectivity index (χ1v) is 9.25. The first-order chi connectivity index (χ1) is 14.4. The molecule has 1 saturated carbocycles. The summed E-state index contributed by atoms with van der Waals surface area (Å²) >= 11 is 0. The van der Waals surface area contributed by atoms with E-state index in [2.05, 4.69) is 5.16 Å². The fourth-order valence-corrected chi connectivity index (χ4v) is 3.42. The smallest absolute Gasteiger partial charge is 0.365 e. The van der Waals surface area contributed by atoms with E-state index in [1.165, 1.54) is 19.2 Å². The maximum Gasteiger partial charge on any atom is 0.365 e. The van der Waals surface area contributed by atoms with Gasteiger partial charge in [0.05, 0.1) is 34.3 Å². The highest BCUT2D eigenvalue weighted by molar-refractivity contribution is 5.94. The van der Waals surface area contributed by atoms with Gasteiger partial charge in [0.1, 0.15) is 5.75 Å². The quantitative estimate of drug-likeness (QED) is 0.389. The van der Waals surface area contributed by atoms with E-state index in [0.717, 1.165) is 18.9 Å². The second-order valence-corrected chi connectivity index (χ2v) is 6.75. The summed E-state index contributed by atoms with van der Waals surface area (Å²) < 4.78 is 5.04. The lowest BCUT2D eigenvalue weighted by Crippen LogP contribution is -2.20. The van der Waals surface area contributed by atoms with Crippen LogP contribution in [0.2, 0.25) is 0 Å². The second kappa shape index (κ2) is 9.12. The number of nitro benzene ring substituents is 2. The van der Waals surface area contributed by atoms with Gasteiger partial charge in [-0.2, -0.15) is 0 Å². The topological polar surface area (TPSA) is 134 Å². The Morgan fingerprint density at radius 2 is 1.80 bits per heavy atom. The zero-order valence-corrected chi connectivity index (χ0v) is 16.1. The fourth-order valence-electron chi connectivity index (χ4n) is 3.42. The van der Waals surface area contributed by atoms with Gasteiger partial charge in [-0.3, -0.25) is 20.2 Å².